The Labute approximate surface area is 204 Å². The van der Waals surface area contributed by atoms with E-state index in [4.69, 9.17) is 21.1 Å². The maximum atomic E-state index is 13.3. The van der Waals surface area contributed by atoms with Gasteiger partial charge in [0, 0.05) is 23.9 Å². The van der Waals surface area contributed by atoms with Crippen molar-refractivity contribution in [3.05, 3.63) is 88.4 Å². The summed E-state index contributed by atoms with van der Waals surface area (Å²) in [4.78, 5) is 27.1. The molecular weight excluding hydrogens is 450 g/mol. The largest absolute Gasteiger partial charge is 0.490 e. The summed E-state index contributed by atoms with van der Waals surface area (Å²) in [5, 5.41) is 0.485. The van der Waals surface area contributed by atoms with Gasteiger partial charge < -0.3 is 14.4 Å². The zero-order valence-electron chi connectivity index (χ0n) is 19.0. The van der Waals surface area contributed by atoms with Crippen molar-refractivity contribution in [1.29, 1.82) is 0 Å². The number of ketones is 1. The zero-order chi connectivity index (χ0) is 23.7. The Hall–Kier alpha value is -3.15. The summed E-state index contributed by atoms with van der Waals surface area (Å²) < 4.78 is 11.8. The number of hydrogen-bond donors (Lipinski definition) is 0. The maximum absolute atomic E-state index is 13.3. The molecule has 1 saturated heterocycles. The Bertz CT molecular complexity index is 1200. The lowest BCUT2D eigenvalue weighted by molar-refractivity contribution is -0.140. The summed E-state index contributed by atoms with van der Waals surface area (Å²) in [6.07, 6.45) is 0.157. The standard InChI is InChI=1S/C28H26ClNO4/c1-18(31)25-14-19(29)10-11-27(25)34-17-20-16-30(12-13-33-20)28(32)15-26-23-8-4-2-6-21(23)22-7-3-5-9-24(22)26/h2-11,14,20,26H,12-13,15-17H2,1H3. The molecule has 1 amide bonds. The van der Waals surface area contributed by atoms with Gasteiger partial charge in [0.05, 0.1) is 18.7 Å². The zero-order valence-corrected chi connectivity index (χ0v) is 19.8. The molecule has 1 aliphatic heterocycles. The molecule has 3 aromatic carbocycles. The predicted octanol–water partition coefficient (Wildman–Crippen LogP) is 5.35. The van der Waals surface area contributed by atoms with E-state index in [1.807, 2.05) is 29.2 Å². The van der Waals surface area contributed by atoms with Crippen LogP contribution in [0.4, 0.5) is 0 Å². The molecule has 34 heavy (non-hydrogen) atoms. The van der Waals surface area contributed by atoms with Gasteiger partial charge in [-0.15, -0.1) is 0 Å². The van der Waals surface area contributed by atoms with E-state index in [2.05, 4.69) is 24.3 Å². The van der Waals surface area contributed by atoms with E-state index in [0.717, 1.165) is 0 Å². The molecule has 1 atom stereocenters. The Morgan fingerprint density at radius 1 is 1.03 bits per heavy atom. The van der Waals surface area contributed by atoms with Crippen molar-refractivity contribution in [3.8, 4) is 16.9 Å². The Morgan fingerprint density at radius 2 is 1.71 bits per heavy atom. The molecule has 5 nitrogen and oxygen atoms in total. The van der Waals surface area contributed by atoms with E-state index in [0.29, 0.717) is 42.5 Å². The van der Waals surface area contributed by atoms with Gasteiger partial charge in [-0.3, -0.25) is 9.59 Å². The van der Waals surface area contributed by atoms with Crippen molar-refractivity contribution < 1.29 is 19.1 Å². The fraction of sp³-hybridized carbons (Fsp3) is 0.286. The third-order valence-electron chi connectivity index (χ3n) is 6.58. The number of halogens is 1. The normalized spacial score (nSPS) is 17.2. The highest BCUT2D eigenvalue weighted by Crippen LogP contribution is 2.46. The second-order valence-corrected chi connectivity index (χ2v) is 9.21. The topological polar surface area (TPSA) is 55.8 Å². The number of fused-ring (bicyclic) bond motifs is 3. The van der Waals surface area contributed by atoms with Crippen LogP contribution in [0.5, 0.6) is 5.75 Å². The van der Waals surface area contributed by atoms with Gasteiger partial charge in [0.15, 0.2) is 5.78 Å². The molecule has 2 aliphatic rings. The van der Waals surface area contributed by atoms with E-state index in [1.165, 1.54) is 29.2 Å². The minimum atomic E-state index is -0.267. The summed E-state index contributed by atoms with van der Waals surface area (Å²) in [7, 11) is 0. The molecule has 0 saturated carbocycles. The van der Waals surface area contributed by atoms with Crippen molar-refractivity contribution in [2.75, 3.05) is 26.3 Å². The molecule has 0 spiro atoms. The molecule has 1 aliphatic carbocycles. The number of carbonyl (C=O) groups excluding carboxylic acids is 2. The third kappa shape index (κ3) is 4.46. The summed E-state index contributed by atoms with van der Waals surface area (Å²) in [6.45, 7) is 3.21. The molecular formula is C28H26ClNO4. The molecule has 1 unspecified atom stereocenters. The van der Waals surface area contributed by atoms with Crippen molar-refractivity contribution >= 4 is 23.3 Å². The number of hydrogen-bond acceptors (Lipinski definition) is 4. The molecule has 3 aromatic rings. The van der Waals surface area contributed by atoms with E-state index >= 15 is 0 Å². The van der Waals surface area contributed by atoms with Crippen LogP contribution < -0.4 is 4.74 Å². The van der Waals surface area contributed by atoms with E-state index < -0.39 is 0 Å². The molecule has 0 radical (unpaired) electrons. The number of morpholine rings is 1. The lowest BCUT2D eigenvalue weighted by Crippen LogP contribution is -2.47. The number of ether oxygens (including phenoxy) is 2. The van der Waals surface area contributed by atoms with Crippen LogP contribution in [0.25, 0.3) is 11.1 Å². The average Bonchev–Trinajstić information content (AvgIpc) is 3.17. The van der Waals surface area contributed by atoms with E-state index in [9.17, 15) is 9.59 Å². The highest BCUT2D eigenvalue weighted by Gasteiger charge is 2.32. The second-order valence-electron chi connectivity index (χ2n) is 8.77. The van der Waals surface area contributed by atoms with Gasteiger partial charge in [0.25, 0.3) is 0 Å². The first-order valence-electron chi connectivity index (χ1n) is 11.5. The van der Waals surface area contributed by atoms with Gasteiger partial charge in [0.2, 0.25) is 5.91 Å². The van der Waals surface area contributed by atoms with Gasteiger partial charge in [-0.25, -0.2) is 0 Å². The van der Waals surface area contributed by atoms with Crippen LogP contribution in [0.2, 0.25) is 5.02 Å². The van der Waals surface area contributed by atoms with Crippen molar-refractivity contribution in [2.45, 2.75) is 25.4 Å². The summed E-state index contributed by atoms with van der Waals surface area (Å²) >= 11 is 6.02. The molecule has 1 heterocycles. The van der Waals surface area contributed by atoms with Crippen LogP contribution in [-0.4, -0.2) is 49.0 Å². The number of Topliss-reactive ketones (excluding diaryl/α,β-unsaturated/α-hetero) is 1. The number of amides is 1. The van der Waals surface area contributed by atoms with Gasteiger partial charge in [-0.1, -0.05) is 60.1 Å². The highest BCUT2D eigenvalue weighted by atomic mass is 35.5. The van der Waals surface area contributed by atoms with Gasteiger partial charge in [0.1, 0.15) is 18.5 Å². The number of rotatable bonds is 6. The molecule has 1 fully saturated rings. The monoisotopic (exact) mass is 475 g/mol. The molecule has 0 N–H and O–H groups in total. The van der Waals surface area contributed by atoms with Gasteiger partial charge in [-0.05, 0) is 47.4 Å². The van der Waals surface area contributed by atoms with E-state index in [-0.39, 0.29) is 30.3 Å². The van der Waals surface area contributed by atoms with Gasteiger partial charge in [-0.2, -0.15) is 0 Å². The Morgan fingerprint density at radius 3 is 2.38 bits per heavy atom. The molecule has 0 aromatic heterocycles. The lowest BCUT2D eigenvalue weighted by atomic mass is 9.93. The van der Waals surface area contributed by atoms with Crippen LogP contribution in [0.15, 0.2) is 66.7 Å². The second kappa shape index (κ2) is 9.61. The highest BCUT2D eigenvalue weighted by molar-refractivity contribution is 6.31. The smallest absolute Gasteiger partial charge is 0.223 e. The maximum Gasteiger partial charge on any atom is 0.223 e. The first kappa shape index (κ1) is 22.6. The number of carbonyl (C=O) groups is 2. The molecule has 174 valence electrons. The summed E-state index contributed by atoms with van der Waals surface area (Å²) in [5.41, 5.74) is 5.30. The number of nitrogens with zero attached hydrogens (tertiary/aromatic N) is 1. The molecule has 5 rings (SSSR count). The Kier molecular flexibility index (Phi) is 6.40. The predicted molar refractivity (Wildman–Crippen MR) is 132 cm³/mol. The quantitative estimate of drug-likeness (QED) is 0.451. The Balaban J connectivity index is 1.25. The fourth-order valence-electron chi connectivity index (χ4n) is 4.92. The minimum Gasteiger partial charge on any atom is -0.490 e. The van der Waals surface area contributed by atoms with Crippen LogP contribution in [0, 0.1) is 0 Å². The fourth-order valence-corrected chi connectivity index (χ4v) is 5.09. The molecule has 6 heteroatoms. The lowest BCUT2D eigenvalue weighted by Gasteiger charge is -2.33. The first-order chi connectivity index (χ1) is 16.5. The van der Waals surface area contributed by atoms with Crippen LogP contribution in [0.1, 0.15) is 40.7 Å². The van der Waals surface area contributed by atoms with Crippen molar-refractivity contribution in [1.82, 2.24) is 4.90 Å². The third-order valence-corrected chi connectivity index (χ3v) is 6.81. The molecule has 0 bridgehead atoms. The minimum absolute atomic E-state index is 0.0598. The van der Waals surface area contributed by atoms with Gasteiger partial charge >= 0.3 is 0 Å². The van der Waals surface area contributed by atoms with E-state index in [1.54, 1.807) is 18.2 Å². The van der Waals surface area contributed by atoms with Crippen LogP contribution >= 0.6 is 11.6 Å². The average molecular weight is 476 g/mol. The van der Waals surface area contributed by atoms with Crippen molar-refractivity contribution in [2.24, 2.45) is 0 Å². The van der Waals surface area contributed by atoms with Crippen molar-refractivity contribution in [3.63, 3.8) is 0 Å². The SMILES string of the molecule is CC(=O)c1cc(Cl)ccc1OCC1CN(C(=O)CC2c3ccccc3-c3ccccc32)CCO1. The summed E-state index contributed by atoms with van der Waals surface area (Å²) in [6, 6.07) is 21.7. The number of benzene rings is 3. The van der Waals surface area contributed by atoms with Crippen LogP contribution in [0.3, 0.4) is 0 Å². The summed E-state index contributed by atoms with van der Waals surface area (Å²) in [5.74, 6) is 0.532. The van der Waals surface area contributed by atoms with Crippen LogP contribution in [-0.2, 0) is 9.53 Å². The first-order valence-corrected chi connectivity index (χ1v) is 11.9.